The van der Waals surface area contributed by atoms with Crippen LogP contribution < -0.4 is 4.90 Å². The Balaban J connectivity index is 0.00000225. The molecule has 2 aromatic rings. The summed E-state index contributed by atoms with van der Waals surface area (Å²) in [5.41, 5.74) is 2.35. The van der Waals surface area contributed by atoms with Crippen molar-refractivity contribution in [2.24, 2.45) is 0 Å². The van der Waals surface area contributed by atoms with Crippen LogP contribution in [0.5, 0.6) is 0 Å². The van der Waals surface area contributed by atoms with Gasteiger partial charge < -0.3 is 4.90 Å². The number of nitrogens with zero attached hydrogens (tertiary/aromatic N) is 2. The van der Waals surface area contributed by atoms with Crippen LogP contribution in [-0.2, 0) is 0 Å². The third-order valence-corrected chi connectivity index (χ3v) is 5.51. The molecule has 0 N–H and O–H groups in total. The van der Waals surface area contributed by atoms with Gasteiger partial charge in [0.1, 0.15) is 0 Å². The molecule has 25 heavy (non-hydrogen) atoms. The lowest BCUT2D eigenvalue weighted by Gasteiger charge is -2.31. The van der Waals surface area contributed by atoms with Crippen molar-refractivity contribution in [2.75, 3.05) is 31.1 Å². The van der Waals surface area contributed by atoms with Crippen molar-refractivity contribution in [3.8, 4) is 11.8 Å². The van der Waals surface area contributed by atoms with Crippen LogP contribution in [0.25, 0.3) is 0 Å². The fourth-order valence-electron chi connectivity index (χ4n) is 2.72. The zero-order valence-electron chi connectivity index (χ0n) is 14.5. The first-order chi connectivity index (χ1) is 11.7. The molecule has 5 heteroatoms. The minimum Gasteiger partial charge on any atom is -0.328 e. The van der Waals surface area contributed by atoms with Crippen molar-refractivity contribution in [3.05, 3.63) is 47.5 Å². The van der Waals surface area contributed by atoms with Gasteiger partial charge in [-0.15, -0.1) is 12.4 Å². The molecule has 1 aliphatic heterocycles. The number of para-hydroxylation sites is 1. The SMILES string of the molecule is CCN(CC)CC#CCN1c2ccccc2Sc2ccc(Cl)cc21.Cl. The molecule has 0 unspecified atom stereocenters. The average Bonchev–Trinajstić information content (AvgIpc) is 2.61. The minimum absolute atomic E-state index is 0. The second-order valence-electron chi connectivity index (χ2n) is 5.58. The highest BCUT2D eigenvalue weighted by molar-refractivity contribution is 7.99. The third kappa shape index (κ3) is 4.65. The Hall–Kier alpha value is -1.31. The molecular formula is C20H22Cl2N2S. The van der Waals surface area contributed by atoms with Crippen LogP contribution in [-0.4, -0.2) is 31.1 Å². The van der Waals surface area contributed by atoms with Crippen molar-refractivity contribution in [1.29, 1.82) is 0 Å². The summed E-state index contributed by atoms with van der Waals surface area (Å²) < 4.78 is 0. The van der Waals surface area contributed by atoms with Crippen molar-refractivity contribution < 1.29 is 0 Å². The average molecular weight is 393 g/mol. The largest absolute Gasteiger partial charge is 0.328 e. The van der Waals surface area contributed by atoms with E-state index < -0.39 is 0 Å². The van der Waals surface area contributed by atoms with Crippen LogP contribution >= 0.6 is 35.8 Å². The molecule has 0 atom stereocenters. The first-order valence-corrected chi connectivity index (χ1v) is 9.44. The van der Waals surface area contributed by atoms with Crippen molar-refractivity contribution in [3.63, 3.8) is 0 Å². The maximum absolute atomic E-state index is 6.23. The van der Waals surface area contributed by atoms with Gasteiger partial charge in [-0.05, 0) is 43.4 Å². The zero-order valence-corrected chi connectivity index (χ0v) is 16.8. The Morgan fingerprint density at radius 2 is 1.72 bits per heavy atom. The Labute approximate surface area is 166 Å². The first kappa shape index (κ1) is 20.0. The van der Waals surface area contributed by atoms with Crippen molar-refractivity contribution >= 4 is 47.1 Å². The van der Waals surface area contributed by atoms with E-state index in [9.17, 15) is 0 Å². The summed E-state index contributed by atoms with van der Waals surface area (Å²) in [6.07, 6.45) is 0. The van der Waals surface area contributed by atoms with Gasteiger partial charge in [-0.1, -0.05) is 61.2 Å². The number of rotatable bonds is 4. The second-order valence-corrected chi connectivity index (χ2v) is 7.10. The van der Waals surface area contributed by atoms with Gasteiger partial charge in [-0.2, -0.15) is 0 Å². The summed E-state index contributed by atoms with van der Waals surface area (Å²) >= 11 is 8.02. The lowest BCUT2D eigenvalue weighted by atomic mass is 10.2. The molecule has 0 bridgehead atoms. The Bertz CT molecular complexity index is 779. The van der Waals surface area contributed by atoms with Crippen molar-refractivity contribution in [2.45, 2.75) is 23.6 Å². The van der Waals surface area contributed by atoms with Gasteiger partial charge >= 0.3 is 0 Å². The lowest BCUT2D eigenvalue weighted by Crippen LogP contribution is -2.24. The Morgan fingerprint density at radius 3 is 2.48 bits per heavy atom. The summed E-state index contributed by atoms with van der Waals surface area (Å²) in [5.74, 6) is 6.64. The van der Waals surface area contributed by atoms with E-state index in [1.165, 1.54) is 15.5 Å². The second kappa shape index (κ2) is 9.40. The summed E-state index contributed by atoms with van der Waals surface area (Å²) in [4.78, 5) is 7.07. The number of anilines is 2. The van der Waals surface area contributed by atoms with E-state index in [1.807, 2.05) is 12.1 Å². The highest BCUT2D eigenvalue weighted by atomic mass is 35.5. The smallest absolute Gasteiger partial charge is 0.0844 e. The molecule has 2 nitrogen and oxygen atoms in total. The molecule has 0 radical (unpaired) electrons. The van der Waals surface area contributed by atoms with Gasteiger partial charge in [-0.3, -0.25) is 4.90 Å². The van der Waals surface area contributed by atoms with E-state index in [0.717, 1.165) is 30.3 Å². The van der Waals surface area contributed by atoms with Gasteiger partial charge in [0, 0.05) is 14.8 Å². The lowest BCUT2D eigenvalue weighted by molar-refractivity contribution is 0.342. The van der Waals surface area contributed by atoms with Gasteiger partial charge in [-0.25, -0.2) is 0 Å². The molecule has 2 aromatic carbocycles. The molecule has 0 aromatic heterocycles. The number of benzene rings is 2. The van der Waals surface area contributed by atoms with Crippen LogP contribution in [0, 0.1) is 11.8 Å². The molecule has 0 spiro atoms. The van der Waals surface area contributed by atoms with E-state index >= 15 is 0 Å². The first-order valence-electron chi connectivity index (χ1n) is 8.25. The molecule has 3 rings (SSSR count). The number of hydrogen-bond acceptors (Lipinski definition) is 3. The van der Waals surface area contributed by atoms with Crippen LogP contribution in [0.3, 0.4) is 0 Å². The van der Waals surface area contributed by atoms with Crippen LogP contribution in [0.15, 0.2) is 52.3 Å². The van der Waals surface area contributed by atoms with Gasteiger partial charge in [0.15, 0.2) is 0 Å². The van der Waals surface area contributed by atoms with E-state index in [1.54, 1.807) is 11.8 Å². The molecule has 132 valence electrons. The summed E-state index contributed by atoms with van der Waals surface area (Å²) in [6, 6.07) is 14.5. The minimum atomic E-state index is 0. The predicted octanol–water partition coefficient (Wildman–Crippen LogP) is 5.71. The maximum Gasteiger partial charge on any atom is 0.0844 e. The molecule has 0 aliphatic carbocycles. The fraction of sp³-hybridized carbons (Fsp3) is 0.300. The molecule has 1 aliphatic rings. The van der Waals surface area contributed by atoms with Gasteiger partial charge in [0.2, 0.25) is 0 Å². The third-order valence-electron chi connectivity index (χ3n) is 4.15. The zero-order chi connectivity index (χ0) is 16.9. The number of halogens is 2. The van der Waals surface area contributed by atoms with Crippen LogP contribution in [0.4, 0.5) is 11.4 Å². The summed E-state index contributed by atoms with van der Waals surface area (Å²) in [5, 5.41) is 0.759. The highest BCUT2D eigenvalue weighted by Crippen LogP contribution is 2.48. The van der Waals surface area contributed by atoms with E-state index in [2.05, 4.69) is 65.8 Å². The Kier molecular flexibility index (Phi) is 7.53. The summed E-state index contributed by atoms with van der Waals surface area (Å²) in [7, 11) is 0. The van der Waals surface area contributed by atoms with E-state index in [0.29, 0.717) is 6.54 Å². The molecular weight excluding hydrogens is 371 g/mol. The molecule has 0 amide bonds. The van der Waals surface area contributed by atoms with Gasteiger partial charge in [0.05, 0.1) is 24.5 Å². The molecule has 0 fully saturated rings. The topological polar surface area (TPSA) is 6.48 Å². The van der Waals surface area contributed by atoms with Gasteiger partial charge in [0.25, 0.3) is 0 Å². The van der Waals surface area contributed by atoms with E-state index in [-0.39, 0.29) is 12.4 Å². The number of fused-ring (bicyclic) bond motifs is 2. The standard InChI is InChI=1S/C20H21ClN2S.ClH/c1-3-22(4-2)13-7-8-14-23-17-9-5-6-10-19(17)24-20-12-11-16(21)15-18(20)23;/h5-6,9-12,15H,3-4,13-14H2,1-2H3;1H. The molecule has 0 saturated heterocycles. The normalized spacial score (nSPS) is 11.9. The Morgan fingerprint density at radius 1 is 1.00 bits per heavy atom. The van der Waals surface area contributed by atoms with Crippen molar-refractivity contribution in [1.82, 2.24) is 4.90 Å². The van der Waals surface area contributed by atoms with Crippen LogP contribution in [0.2, 0.25) is 5.02 Å². The number of hydrogen-bond donors (Lipinski definition) is 0. The van der Waals surface area contributed by atoms with E-state index in [4.69, 9.17) is 11.6 Å². The summed E-state index contributed by atoms with van der Waals surface area (Å²) in [6.45, 7) is 7.90. The highest BCUT2D eigenvalue weighted by Gasteiger charge is 2.22. The molecule has 0 saturated carbocycles. The fourth-order valence-corrected chi connectivity index (χ4v) is 3.97. The maximum atomic E-state index is 6.23. The molecule has 1 heterocycles. The predicted molar refractivity (Wildman–Crippen MR) is 112 cm³/mol. The quantitative estimate of drug-likeness (QED) is 0.615. The monoisotopic (exact) mass is 392 g/mol. The van der Waals surface area contributed by atoms with Crippen LogP contribution in [0.1, 0.15) is 13.8 Å².